The third-order valence-corrected chi connectivity index (χ3v) is 7.95. The van der Waals surface area contributed by atoms with Crippen LogP contribution in [-0.4, -0.2) is 25.2 Å². The molecule has 9 heteroatoms. The van der Waals surface area contributed by atoms with E-state index in [0.717, 1.165) is 55.1 Å². The summed E-state index contributed by atoms with van der Waals surface area (Å²) >= 11 is 1.42. The first-order valence-electron chi connectivity index (χ1n) is 13.1. The summed E-state index contributed by atoms with van der Waals surface area (Å²) in [5, 5.41) is 9.94. The smallest absolute Gasteiger partial charge is 0.263 e. The largest absolute Gasteiger partial charge is 0.326 e. The molecule has 0 saturated carbocycles. The third-order valence-electron chi connectivity index (χ3n) is 7.01. The summed E-state index contributed by atoms with van der Waals surface area (Å²) in [6.07, 6.45) is 5.83. The number of amides is 1. The van der Waals surface area contributed by atoms with Gasteiger partial charge in [0, 0.05) is 41.7 Å². The molecular formula is C31H32N6O2S. The molecule has 0 aliphatic rings. The Morgan fingerprint density at radius 3 is 2.65 bits per heavy atom. The van der Waals surface area contributed by atoms with Gasteiger partial charge in [-0.1, -0.05) is 47.8 Å². The highest BCUT2D eigenvalue weighted by molar-refractivity contribution is 7.22. The molecule has 2 aromatic carbocycles. The second kappa shape index (κ2) is 11.0. The van der Waals surface area contributed by atoms with Crippen LogP contribution in [0.25, 0.3) is 37.9 Å². The maximum atomic E-state index is 13.9. The number of hydrogen-bond acceptors (Lipinski definition) is 6. The van der Waals surface area contributed by atoms with Crippen LogP contribution in [0.2, 0.25) is 0 Å². The first-order valence-corrected chi connectivity index (χ1v) is 14.0. The average molecular weight is 553 g/mol. The van der Waals surface area contributed by atoms with Crippen LogP contribution in [0.3, 0.4) is 0 Å². The molecule has 3 heterocycles. The number of fused-ring (bicyclic) bond motifs is 2. The van der Waals surface area contributed by atoms with E-state index in [1.807, 2.05) is 87.0 Å². The van der Waals surface area contributed by atoms with E-state index in [9.17, 15) is 9.59 Å². The van der Waals surface area contributed by atoms with E-state index in [4.69, 9.17) is 10.8 Å². The second-order valence-corrected chi connectivity index (χ2v) is 10.7. The van der Waals surface area contributed by atoms with Crippen molar-refractivity contribution in [2.24, 2.45) is 5.73 Å². The van der Waals surface area contributed by atoms with Gasteiger partial charge in [0.25, 0.3) is 5.56 Å². The van der Waals surface area contributed by atoms with Gasteiger partial charge in [0.05, 0.1) is 27.8 Å². The molecule has 0 aliphatic heterocycles. The summed E-state index contributed by atoms with van der Waals surface area (Å²) in [6.45, 7) is 10.0. The Morgan fingerprint density at radius 2 is 1.95 bits per heavy atom. The minimum atomic E-state index is -0.156. The highest BCUT2D eigenvalue weighted by atomic mass is 32.1. The van der Waals surface area contributed by atoms with Crippen LogP contribution < -0.4 is 16.6 Å². The Bertz CT molecular complexity index is 1890. The lowest BCUT2D eigenvalue weighted by atomic mass is 10.1. The van der Waals surface area contributed by atoms with Gasteiger partial charge in [-0.3, -0.25) is 18.8 Å². The van der Waals surface area contributed by atoms with Gasteiger partial charge >= 0.3 is 0 Å². The van der Waals surface area contributed by atoms with Crippen molar-refractivity contribution in [2.45, 2.75) is 47.7 Å². The standard InChI is InChI=1S/C31H32N6O2S/c1-6-9-23(7-2)37-24(14-21-11-8-10-18(3)28(21)30(37)39)17-36-19(4)25(16-32)29(35-36)22-12-13-26-27(15-22)40-31(34-26)33-20(5)38/h6-15H,16-17,32H2,1-5H3,(H,33,34,38). The number of carbonyl (C=O) groups is 1. The number of rotatable bonds is 7. The van der Waals surface area contributed by atoms with Crippen molar-refractivity contribution >= 4 is 49.1 Å². The number of hydrogen-bond donors (Lipinski definition) is 2. The molecule has 1 amide bonds. The monoisotopic (exact) mass is 552 g/mol. The molecule has 0 bridgehead atoms. The lowest BCUT2D eigenvalue weighted by Gasteiger charge is -2.17. The number of carbonyl (C=O) groups excluding carboxylic acids is 1. The molecule has 40 heavy (non-hydrogen) atoms. The number of aromatic nitrogens is 4. The summed E-state index contributed by atoms with van der Waals surface area (Å²) in [7, 11) is 0. The van der Waals surface area contributed by atoms with Crippen molar-refractivity contribution < 1.29 is 4.79 Å². The van der Waals surface area contributed by atoms with E-state index in [2.05, 4.69) is 16.4 Å². The second-order valence-electron chi connectivity index (χ2n) is 9.69. The van der Waals surface area contributed by atoms with Gasteiger partial charge in [-0.05, 0) is 62.9 Å². The van der Waals surface area contributed by atoms with Gasteiger partial charge in [0.15, 0.2) is 5.13 Å². The molecule has 0 unspecified atom stereocenters. The predicted octanol–water partition coefficient (Wildman–Crippen LogP) is 5.99. The number of nitrogens with zero attached hydrogens (tertiary/aromatic N) is 4. The molecule has 5 rings (SSSR count). The molecule has 0 atom stereocenters. The normalized spacial score (nSPS) is 12.2. The van der Waals surface area contributed by atoms with E-state index < -0.39 is 0 Å². The SMILES string of the molecule is CC=CC(=CC)n1c(Cn2nc(-c3ccc4nc(NC(C)=O)sc4c3)c(CN)c2C)cc2cccc(C)c2c1=O. The van der Waals surface area contributed by atoms with Gasteiger partial charge in [-0.15, -0.1) is 0 Å². The fourth-order valence-electron chi connectivity index (χ4n) is 5.10. The maximum Gasteiger partial charge on any atom is 0.263 e. The molecule has 0 aliphatic carbocycles. The fourth-order valence-corrected chi connectivity index (χ4v) is 6.05. The zero-order valence-corrected chi connectivity index (χ0v) is 24.1. The van der Waals surface area contributed by atoms with Crippen LogP contribution in [-0.2, 0) is 17.9 Å². The quantitative estimate of drug-likeness (QED) is 0.241. The van der Waals surface area contributed by atoms with E-state index >= 15 is 0 Å². The molecule has 204 valence electrons. The molecule has 0 fully saturated rings. The number of thiazole rings is 1. The van der Waals surface area contributed by atoms with E-state index in [1.54, 1.807) is 4.57 Å². The van der Waals surface area contributed by atoms with Crippen LogP contribution in [0.15, 0.2) is 65.5 Å². The maximum absolute atomic E-state index is 13.9. The van der Waals surface area contributed by atoms with Gasteiger partial charge in [0.2, 0.25) is 5.91 Å². The first-order chi connectivity index (χ1) is 19.2. The number of nitrogens with two attached hydrogens (primary N) is 1. The van der Waals surface area contributed by atoms with E-state index in [0.29, 0.717) is 23.6 Å². The average Bonchev–Trinajstić information content (AvgIpc) is 3.46. The molecule has 0 radical (unpaired) electrons. The predicted molar refractivity (Wildman–Crippen MR) is 165 cm³/mol. The summed E-state index contributed by atoms with van der Waals surface area (Å²) in [4.78, 5) is 29.8. The fraction of sp³-hybridized carbons (Fsp3) is 0.226. The number of nitrogens with one attached hydrogen (secondary N) is 1. The zero-order chi connectivity index (χ0) is 28.6. The Balaban J connectivity index is 1.64. The van der Waals surface area contributed by atoms with Gasteiger partial charge in [-0.2, -0.15) is 5.10 Å². The summed E-state index contributed by atoms with van der Waals surface area (Å²) in [6, 6.07) is 13.9. The highest BCUT2D eigenvalue weighted by Gasteiger charge is 2.19. The molecule has 3 N–H and O–H groups in total. The molecule has 0 saturated heterocycles. The van der Waals surface area contributed by atoms with Crippen molar-refractivity contribution in [2.75, 3.05) is 5.32 Å². The van der Waals surface area contributed by atoms with Crippen LogP contribution in [0.5, 0.6) is 0 Å². The highest BCUT2D eigenvalue weighted by Crippen LogP contribution is 2.32. The lowest BCUT2D eigenvalue weighted by Crippen LogP contribution is -2.25. The van der Waals surface area contributed by atoms with Crippen LogP contribution >= 0.6 is 11.3 Å². The topological polar surface area (TPSA) is 108 Å². The minimum Gasteiger partial charge on any atom is -0.326 e. The van der Waals surface area contributed by atoms with Crippen molar-refractivity contribution in [3.63, 3.8) is 0 Å². The number of anilines is 1. The lowest BCUT2D eigenvalue weighted by molar-refractivity contribution is -0.114. The number of allylic oxidation sites excluding steroid dienone is 4. The molecule has 0 spiro atoms. The summed E-state index contributed by atoms with van der Waals surface area (Å²) < 4.78 is 4.65. The summed E-state index contributed by atoms with van der Waals surface area (Å²) in [5.74, 6) is -0.156. The van der Waals surface area contributed by atoms with Crippen LogP contribution in [0.4, 0.5) is 5.13 Å². The van der Waals surface area contributed by atoms with Crippen LogP contribution in [0.1, 0.15) is 43.3 Å². The molecular weight excluding hydrogens is 520 g/mol. The van der Waals surface area contributed by atoms with Crippen molar-refractivity contribution in [1.82, 2.24) is 19.3 Å². The Labute approximate surface area is 236 Å². The zero-order valence-electron chi connectivity index (χ0n) is 23.3. The minimum absolute atomic E-state index is 0.0495. The Kier molecular flexibility index (Phi) is 7.51. The van der Waals surface area contributed by atoms with Crippen molar-refractivity contribution in [1.29, 1.82) is 0 Å². The third kappa shape index (κ3) is 4.89. The van der Waals surface area contributed by atoms with Gasteiger partial charge in [-0.25, -0.2) is 4.98 Å². The molecule has 5 aromatic rings. The molecule has 8 nitrogen and oxygen atoms in total. The number of pyridine rings is 1. The first kappa shape index (κ1) is 27.2. The van der Waals surface area contributed by atoms with E-state index in [1.165, 1.54) is 18.3 Å². The van der Waals surface area contributed by atoms with Gasteiger partial charge in [0.1, 0.15) is 0 Å². The summed E-state index contributed by atoms with van der Waals surface area (Å²) in [5.41, 5.74) is 13.2. The molecule has 3 aromatic heterocycles. The van der Waals surface area contributed by atoms with E-state index in [-0.39, 0.29) is 11.5 Å². The van der Waals surface area contributed by atoms with Crippen LogP contribution in [0, 0.1) is 13.8 Å². The van der Waals surface area contributed by atoms with Crippen molar-refractivity contribution in [3.8, 4) is 11.3 Å². The van der Waals surface area contributed by atoms with Crippen molar-refractivity contribution in [3.05, 3.63) is 93.6 Å². The number of benzene rings is 2. The Morgan fingerprint density at radius 1 is 1.15 bits per heavy atom. The Hall–Kier alpha value is -4.34. The number of aryl methyl sites for hydroxylation is 1. The van der Waals surface area contributed by atoms with Gasteiger partial charge < -0.3 is 11.1 Å².